The predicted molar refractivity (Wildman–Crippen MR) is 89.7 cm³/mol. The van der Waals surface area contributed by atoms with Crippen molar-refractivity contribution >= 4 is 23.8 Å². The molecule has 0 radical (unpaired) electrons. The summed E-state index contributed by atoms with van der Waals surface area (Å²) in [5, 5.41) is 0. The largest absolute Gasteiger partial charge is 0.465 e. The summed E-state index contributed by atoms with van der Waals surface area (Å²) in [6.45, 7) is -0.379. The Kier molecular flexibility index (Phi) is 5.16. The van der Waals surface area contributed by atoms with Crippen LogP contribution in [0, 0.1) is 11.8 Å². The van der Waals surface area contributed by atoms with E-state index in [2.05, 4.69) is 4.74 Å². The van der Waals surface area contributed by atoms with E-state index in [1.807, 2.05) is 12.2 Å². The quantitative estimate of drug-likeness (QED) is 0.450. The lowest BCUT2D eigenvalue weighted by molar-refractivity contribution is -0.153. The molecule has 7 heteroatoms. The molecular weight excluding hydrogens is 338 g/mol. The Morgan fingerprint density at radius 3 is 2.15 bits per heavy atom. The lowest BCUT2D eigenvalue weighted by atomic mass is 9.85. The molecule has 7 nitrogen and oxygen atoms in total. The molecule has 0 bridgehead atoms. The van der Waals surface area contributed by atoms with E-state index in [1.165, 1.54) is 7.11 Å². The van der Waals surface area contributed by atoms with E-state index in [-0.39, 0.29) is 36.8 Å². The average Bonchev–Trinajstić information content (AvgIpc) is 2.91. The predicted octanol–water partition coefficient (Wildman–Crippen LogP) is 1.47. The van der Waals surface area contributed by atoms with Gasteiger partial charge in [-0.2, -0.15) is 0 Å². The maximum absolute atomic E-state index is 12.3. The third-order valence-corrected chi connectivity index (χ3v) is 4.66. The van der Waals surface area contributed by atoms with E-state index in [0.717, 1.165) is 4.90 Å². The van der Waals surface area contributed by atoms with Gasteiger partial charge in [-0.15, -0.1) is 0 Å². The van der Waals surface area contributed by atoms with Crippen molar-refractivity contribution in [2.24, 2.45) is 11.8 Å². The number of hydrogen-bond donors (Lipinski definition) is 0. The summed E-state index contributed by atoms with van der Waals surface area (Å²) in [5.74, 6) is -2.41. The van der Waals surface area contributed by atoms with Gasteiger partial charge in [0.2, 0.25) is 11.8 Å². The van der Waals surface area contributed by atoms with Crippen molar-refractivity contribution in [3.05, 3.63) is 47.5 Å². The summed E-state index contributed by atoms with van der Waals surface area (Å²) in [4.78, 5) is 49.0. The molecule has 1 fully saturated rings. The molecule has 1 aliphatic heterocycles. The molecule has 3 rings (SSSR count). The molecule has 2 atom stereocenters. The number of benzene rings is 1. The van der Waals surface area contributed by atoms with Gasteiger partial charge in [0.1, 0.15) is 13.2 Å². The maximum atomic E-state index is 12.3. The molecule has 26 heavy (non-hydrogen) atoms. The first-order chi connectivity index (χ1) is 12.5. The number of allylic oxidation sites excluding steroid dienone is 2. The monoisotopic (exact) mass is 357 g/mol. The fourth-order valence-corrected chi connectivity index (χ4v) is 3.22. The van der Waals surface area contributed by atoms with E-state index in [4.69, 9.17) is 4.74 Å². The van der Waals surface area contributed by atoms with Gasteiger partial charge in [0.25, 0.3) is 0 Å². The summed E-state index contributed by atoms with van der Waals surface area (Å²) in [5.41, 5.74) is 1.08. The molecule has 2 aliphatic rings. The van der Waals surface area contributed by atoms with Gasteiger partial charge in [-0.3, -0.25) is 19.3 Å². The molecule has 0 spiro atoms. The van der Waals surface area contributed by atoms with Crippen LogP contribution in [0.2, 0.25) is 0 Å². The number of carbonyl (C=O) groups is 4. The fraction of sp³-hybridized carbons (Fsp3) is 0.368. The Labute approximate surface area is 150 Å². The van der Waals surface area contributed by atoms with E-state index in [1.54, 1.807) is 24.3 Å². The van der Waals surface area contributed by atoms with Gasteiger partial charge < -0.3 is 9.47 Å². The molecule has 0 aromatic heterocycles. The highest BCUT2D eigenvalue weighted by atomic mass is 16.5. The highest BCUT2D eigenvalue weighted by Gasteiger charge is 2.47. The van der Waals surface area contributed by atoms with Crippen LogP contribution in [0.25, 0.3) is 0 Å². The van der Waals surface area contributed by atoms with Crippen LogP contribution in [0.15, 0.2) is 36.4 Å². The average molecular weight is 357 g/mol. The molecule has 2 amide bonds. The Balaban J connectivity index is 1.54. The normalized spacial score (nSPS) is 21.5. The number of amides is 2. The zero-order chi connectivity index (χ0) is 18.7. The van der Waals surface area contributed by atoms with Crippen LogP contribution in [0.1, 0.15) is 28.8 Å². The van der Waals surface area contributed by atoms with Gasteiger partial charge in [0.15, 0.2) is 0 Å². The van der Waals surface area contributed by atoms with Gasteiger partial charge in [-0.25, -0.2) is 4.79 Å². The highest BCUT2D eigenvalue weighted by molar-refractivity contribution is 6.07. The lowest BCUT2D eigenvalue weighted by Crippen LogP contribution is -2.36. The third-order valence-electron chi connectivity index (χ3n) is 4.66. The standard InChI is InChI=1S/C19H19NO6/c1-25-19(24)13-8-6-12(7-9-13)11-26-16(21)10-20-17(22)14-4-2-3-5-15(14)18(20)23/h2-3,6-9,14-15H,4-5,10-11H2,1H3. The van der Waals surface area contributed by atoms with Crippen LogP contribution in [-0.4, -0.2) is 42.3 Å². The Morgan fingerprint density at radius 1 is 1.04 bits per heavy atom. The smallest absolute Gasteiger partial charge is 0.337 e. The Bertz CT molecular complexity index is 741. The van der Waals surface area contributed by atoms with Crippen LogP contribution < -0.4 is 0 Å². The minimum absolute atomic E-state index is 0.00901. The number of nitrogens with zero attached hydrogens (tertiary/aromatic N) is 1. The summed E-state index contributed by atoms with van der Waals surface area (Å²) in [6.07, 6.45) is 4.86. The first kappa shape index (κ1) is 17.8. The van der Waals surface area contributed by atoms with E-state index in [9.17, 15) is 19.2 Å². The van der Waals surface area contributed by atoms with Crippen molar-refractivity contribution in [3.8, 4) is 0 Å². The van der Waals surface area contributed by atoms with E-state index in [0.29, 0.717) is 24.0 Å². The molecule has 1 aromatic rings. The number of methoxy groups -OCH3 is 1. The second-order valence-electron chi connectivity index (χ2n) is 6.27. The Morgan fingerprint density at radius 2 is 1.62 bits per heavy atom. The van der Waals surface area contributed by atoms with Crippen LogP contribution >= 0.6 is 0 Å². The maximum Gasteiger partial charge on any atom is 0.337 e. The van der Waals surface area contributed by atoms with Crippen LogP contribution in [0.3, 0.4) is 0 Å². The molecule has 2 unspecified atom stereocenters. The van der Waals surface area contributed by atoms with Crippen molar-refractivity contribution in [1.82, 2.24) is 4.90 Å². The number of esters is 2. The van der Waals surface area contributed by atoms with Gasteiger partial charge in [-0.1, -0.05) is 24.3 Å². The molecule has 1 aromatic carbocycles. The summed E-state index contributed by atoms with van der Waals surface area (Å²) in [7, 11) is 1.30. The van der Waals surface area contributed by atoms with Crippen LogP contribution in [0.4, 0.5) is 0 Å². The molecule has 1 heterocycles. The number of imide groups is 1. The molecular formula is C19H19NO6. The van der Waals surface area contributed by atoms with Crippen molar-refractivity contribution in [3.63, 3.8) is 0 Å². The molecule has 0 N–H and O–H groups in total. The molecule has 136 valence electrons. The molecule has 1 saturated heterocycles. The molecule has 1 aliphatic carbocycles. The summed E-state index contributed by atoms with van der Waals surface area (Å²) in [6, 6.07) is 6.43. The lowest BCUT2D eigenvalue weighted by Gasteiger charge is -2.14. The third kappa shape index (κ3) is 3.51. The number of ether oxygens (including phenoxy) is 2. The fourth-order valence-electron chi connectivity index (χ4n) is 3.22. The van der Waals surface area contributed by atoms with Crippen molar-refractivity contribution < 1.29 is 28.7 Å². The second kappa shape index (κ2) is 7.51. The van der Waals surface area contributed by atoms with Gasteiger partial charge in [0.05, 0.1) is 24.5 Å². The number of likely N-dealkylation sites (tertiary alicyclic amines) is 1. The van der Waals surface area contributed by atoms with Gasteiger partial charge in [-0.05, 0) is 30.5 Å². The van der Waals surface area contributed by atoms with Crippen LogP contribution in [-0.2, 0) is 30.5 Å². The van der Waals surface area contributed by atoms with Crippen molar-refractivity contribution in [2.75, 3.05) is 13.7 Å². The van der Waals surface area contributed by atoms with E-state index >= 15 is 0 Å². The van der Waals surface area contributed by atoms with Crippen molar-refractivity contribution in [2.45, 2.75) is 19.4 Å². The van der Waals surface area contributed by atoms with Gasteiger partial charge in [0, 0.05) is 0 Å². The van der Waals surface area contributed by atoms with Gasteiger partial charge >= 0.3 is 11.9 Å². The minimum Gasteiger partial charge on any atom is -0.465 e. The summed E-state index contributed by atoms with van der Waals surface area (Å²) >= 11 is 0. The number of carbonyl (C=O) groups excluding carboxylic acids is 4. The zero-order valence-electron chi connectivity index (χ0n) is 14.3. The minimum atomic E-state index is -0.643. The number of rotatable bonds is 5. The second-order valence-corrected chi connectivity index (χ2v) is 6.27. The first-order valence-corrected chi connectivity index (χ1v) is 8.34. The van der Waals surface area contributed by atoms with Crippen LogP contribution in [0.5, 0.6) is 0 Å². The number of hydrogen-bond acceptors (Lipinski definition) is 6. The topological polar surface area (TPSA) is 90.0 Å². The summed E-state index contributed by atoms with van der Waals surface area (Å²) < 4.78 is 9.76. The highest BCUT2D eigenvalue weighted by Crippen LogP contribution is 2.34. The van der Waals surface area contributed by atoms with E-state index < -0.39 is 11.9 Å². The Hall–Kier alpha value is -2.96. The molecule has 0 saturated carbocycles. The SMILES string of the molecule is COC(=O)c1ccc(COC(=O)CN2C(=O)C3CC=CCC3C2=O)cc1. The first-order valence-electron chi connectivity index (χ1n) is 8.34. The zero-order valence-corrected chi connectivity index (χ0v) is 14.3. The van der Waals surface area contributed by atoms with Crippen molar-refractivity contribution in [1.29, 1.82) is 0 Å². The number of fused-ring (bicyclic) bond motifs is 1.